The highest BCUT2D eigenvalue weighted by Gasteiger charge is 2.18. The summed E-state index contributed by atoms with van der Waals surface area (Å²) in [6.07, 6.45) is 1.02. The molecule has 1 N–H and O–H groups in total. The predicted molar refractivity (Wildman–Crippen MR) is 59.6 cm³/mol. The minimum atomic E-state index is -0.204. The molecule has 1 aliphatic heterocycles. The first-order valence-electron chi connectivity index (χ1n) is 5.07. The summed E-state index contributed by atoms with van der Waals surface area (Å²) in [6, 6.07) is 4.81. The van der Waals surface area contributed by atoms with Crippen molar-refractivity contribution < 1.29 is 4.39 Å². The van der Waals surface area contributed by atoms with Gasteiger partial charge in [-0.2, -0.15) is 0 Å². The van der Waals surface area contributed by atoms with Crippen LogP contribution in [0.4, 0.5) is 4.39 Å². The van der Waals surface area contributed by atoms with Gasteiger partial charge in [0.25, 0.3) is 0 Å². The molecule has 4 heteroatoms. The van der Waals surface area contributed by atoms with Gasteiger partial charge in [-0.05, 0) is 31.1 Å². The standard InChI is InChI=1S/C11H11FN2S/c12-8-1-2-10-9(4-8)14-11(15-10)3-7-5-13-6-7/h1-2,4,7,13H,3,5-6H2. The van der Waals surface area contributed by atoms with Crippen molar-refractivity contribution in [2.75, 3.05) is 13.1 Å². The number of aromatic nitrogens is 1. The van der Waals surface area contributed by atoms with Crippen LogP contribution in [0.3, 0.4) is 0 Å². The molecule has 0 radical (unpaired) electrons. The Bertz CT molecular complexity index is 490. The Morgan fingerprint density at radius 2 is 2.33 bits per heavy atom. The second-order valence-electron chi connectivity index (χ2n) is 3.95. The van der Waals surface area contributed by atoms with E-state index in [1.807, 2.05) is 6.07 Å². The maximum absolute atomic E-state index is 12.9. The van der Waals surface area contributed by atoms with Crippen molar-refractivity contribution in [2.45, 2.75) is 6.42 Å². The summed E-state index contributed by atoms with van der Waals surface area (Å²) in [4.78, 5) is 4.45. The number of nitrogens with zero attached hydrogens (tertiary/aromatic N) is 1. The van der Waals surface area contributed by atoms with Gasteiger partial charge in [0.2, 0.25) is 0 Å². The van der Waals surface area contributed by atoms with Crippen LogP contribution in [0, 0.1) is 11.7 Å². The van der Waals surface area contributed by atoms with Gasteiger partial charge >= 0.3 is 0 Å². The predicted octanol–water partition coefficient (Wildman–Crippen LogP) is 2.20. The second-order valence-corrected chi connectivity index (χ2v) is 5.06. The van der Waals surface area contributed by atoms with Crippen molar-refractivity contribution in [1.82, 2.24) is 10.3 Å². The molecule has 0 saturated carbocycles. The number of halogens is 1. The summed E-state index contributed by atoms with van der Waals surface area (Å²) >= 11 is 1.68. The van der Waals surface area contributed by atoms with Crippen LogP contribution in [0.2, 0.25) is 0 Å². The Hall–Kier alpha value is -1.00. The summed E-state index contributed by atoms with van der Waals surface area (Å²) < 4.78 is 14.0. The molecule has 78 valence electrons. The van der Waals surface area contributed by atoms with Gasteiger partial charge < -0.3 is 5.32 Å². The topological polar surface area (TPSA) is 24.9 Å². The van der Waals surface area contributed by atoms with E-state index in [1.54, 1.807) is 11.3 Å². The normalized spacial score (nSPS) is 16.9. The maximum Gasteiger partial charge on any atom is 0.125 e. The third-order valence-electron chi connectivity index (χ3n) is 2.72. The monoisotopic (exact) mass is 222 g/mol. The van der Waals surface area contributed by atoms with Crippen LogP contribution in [0.25, 0.3) is 10.2 Å². The van der Waals surface area contributed by atoms with Crippen LogP contribution in [0.5, 0.6) is 0 Å². The molecule has 2 aromatic rings. The van der Waals surface area contributed by atoms with E-state index in [0.717, 1.165) is 40.7 Å². The molecule has 2 nitrogen and oxygen atoms in total. The summed E-state index contributed by atoms with van der Waals surface area (Å²) in [7, 11) is 0. The van der Waals surface area contributed by atoms with Crippen molar-refractivity contribution >= 4 is 21.6 Å². The van der Waals surface area contributed by atoms with E-state index in [1.165, 1.54) is 12.1 Å². The molecule has 2 heterocycles. The molecule has 1 aromatic carbocycles. The van der Waals surface area contributed by atoms with Crippen molar-refractivity contribution in [2.24, 2.45) is 5.92 Å². The molecule has 15 heavy (non-hydrogen) atoms. The van der Waals surface area contributed by atoms with Gasteiger partial charge in [-0.25, -0.2) is 9.37 Å². The van der Waals surface area contributed by atoms with Crippen molar-refractivity contribution in [3.63, 3.8) is 0 Å². The molecule has 1 fully saturated rings. The molecule has 0 unspecified atom stereocenters. The number of nitrogens with one attached hydrogen (secondary N) is 1. The van der Waals surface area contributed by atoms with E-state index >= 15 is 0 Å². The molecule has 0 amide bonds. The van der Waals surface area contributed by atoms with E-state index in [-0.39, 0.29) is 5.82 Å². The third kappa shape index (κ3) is 1.75. The quantitative estimate of drug-likeness (QED) is 0.842. The Morgan fingerprint density at radius 3 is 3.07 bits per heavy atom. The van der Waals surface area contributed by atoms with Gasteiger partial charge in [-0.15, -0.1) is 11.3 Å². The average molecular weight is 222 g/mol. The van der Waals surface area contributed by atoms with E-state index in [4.69, 9.17) is 0 Å². The number of benzene rings is 1. The number of hydrogen-bond acceptors (Lipinski definition) is 3. The van der Waals surface area contributed by atoms with E-state index in [9.17, 15) is 4.39 Å². The molecule has 0 bridgehead atoms. The average Bonchev–Trinajstić information content (AvgIpc) is 2.53. The van der Waals surface area contributed by atoms with Crippen LogP contribution in [0.15, 0.2) is 18.2 Å². The van der Waals surface area contributed by atoms with E-state index in [2.05, 4.69) is 10.3 Å². The zero-order valence-corrected chi connectivity index (χ0v) is 8.98. The largest absolute Gasteiger partial charge is 0.316 e. The zero-order chi connectivity index (χ0) is 10.3. The highest BCUT2D eigenvalue weighted by atomic mass is 32.1. The van der Waals surface area contributed by atoms with Gasteiger partial charge in [0.05, 0.1) is 15.2 Å². The highest BCUT2D eigenvalue weighted by molar-refractivity contribution is 7.18. The number of rotatable bonds is 2. The Balaban J connectivity index is 1.91. The Morgan fingerprint density at radius 1 is 1.47 bits per heavy atom. The minimum absolute atomic E-state index is 0.204. The first-order chi connectivity index (χ1) is 7.31. The van der Waals surface area contributed by atoms with Crippen LogP contribution in [-0.2, 0) is 6.42 Å². The number of thiazole rings is 1. The van der Waals surface area contributed by atoms with Crippen LogP contribution in [-0.4, -0.2) is 18.1 Å². The fourth-order valence-electron chi connectivity index (χ4n) is 1.78. The van der Waals surface area contributed by atoms with Crippen molar-refractivity contribution in [1.29, 1.82) is 0 Å². The molecule has 1 aliphatic rings. The van der Waals surface area contributed by atoms with Crippen molar-refractivity contribution in [3.8, 4) is 0 Å². The van der Waals surface area contributed by atoms with Crippen LogP contribution >= 0.6 is 11.3 Å². The number of fused-ring (bicyclic) bond motifs is 1. The molecule has 0 aliphatic carbocycles. The van der Waals surface area contributed by atoms with E-state index in [0.29, 0.717) is 0 Å². The molecular formula is C11H11FN2S. The fraction of sp³-hybridized carbons (Fsp3) is 0.364. The first kappa shape index (κ1) is 9.24. The third-order valence-corrected chi connectivity index (χ3v) is 3.78. The molecule has 0 spiro atoms. The fourth-order valence-corrected chi connectivity index (χ4v) is 2.84. The number of hydrogen-bond donors (Lipinski definition) is 1. The first-order valence-corrected chi connectivity index (χ1v) is 5.88. The highest BCUT2D eigenvalue weighted by Crippen LogP contribution is 2.25. The lowest BCUT2D eigenvalue weighted by Gasteiger charge is -2.25. The minimum Gasteiger partial charge on any atom is -0.316 e. The molecule has 1 saturated heterocycles. The van der Waals surface area contributed by atoms with Gasteiger partial charge in [-0.3, -0.25) is 0 Å². The van der Waals surface area contributed by atoms with Crippen LogP contribution in [0.1, 0.15) is 5.01 Å². The maximum atomic E-state index is 12.9. The van der Waals surface area contributed by atoms with Gasteiger partial charge in [-0.1, -0.05) is 0 Å². The molecule has 1 aromatic heterocycles. The lowest BCUT2D eigenvalue weighted by molar-refractivity contribution is 0.346. The van der Waals surface area contributed by atoms with Gasteiger partial charge in [0, 0.05) is 12.5 Å². The lowest BCUT2D eigenvalue weighted by atomic mass is 10.0. The smallest absolute Gasteiger partial charge is 0.125 e. The Kier molecular flexibility index (Phi) is 2.18. The lowest BCUT2D eigenvalue weighted by Crippen LogP contribution is -2.43. The summed E-state index contributed by atoms with van der Waals surface area (Å²) in [5.41, 5.74) is 0.794. The molecule has 0 atom stereocenters. The second kappa shape index (κ2) is 3.54. The molecule has 3 rings (SSSR count). The van der Waals surface area contributed by atoms with Crippen LogP contribution < -0.4 is 5.32 Å². The SMILES string of the molecule is Fc1ccc2sc(CC3CNC3)nc2c1. The summed E-state index contributed by atoms with van der Waals surface area (Å²) in [5, 5.41) is 4.37. The van der Waals surface area contributed by atoms with Gasteiger partial charge in [0.15, 0.2) is 0 Å². The zero-order valence-electron chi connectivity index (χ0n) is 8.16. The Labute approximate surface area is 91.1 Å². The molecular weight excluding hydrogens is 211 g/mol. The van der Waals surface area contributed by atoms with Gasteiger partial charge in [0.1, 0.15) is 5.82 Å². The summed E-state index contributed by atoms with van der Waals surface area (Å²) in [5.74, 6) is 0.514. The van der Waals surface area contributed by atoms with E-state index < -0.39 is 0 Å². The summed E-state index contributed by atoms with van der Waals surface area (Å²) in [6.45, 7) is 2.18. The van der Waals surface area contributed by atoms with Crippen molar-refractivity contribution in [3.05, 3.63) is 29.0 Å².